The fraction of sp³-hybridized carbons (Fsp3) is 0.632. The molecule has 0 spiro atoms. The normalized spacial score (nSPS) is 16.2. The molecule has 1 aliphatic rings. The maximum absolute atomic E-state index is 11.9. The van der Waals surface area contributed by atoms with Gasteiger partial charge in [0.25, 0.3) is 0 Å². The molecule has 1 aliphatic heterocycles. The minimum Gasteiger partial charge on any atom is -0.352 e. The summed E-state index contributed by atoms with van der Waals surface area (Å²) in [6.07, 6.45) is 1.47. The van der Waals surface area contributed by atoms with E-state index in [0.29, 0.717) is 13.0 Å². The molecule has 134 valence electrons. The summed E-state index contributed by atoms with van der Waals surface area (Å²) >= 11 is 0. The van der Waals surface area contributed by atoms with Crippen molar-refractivity contribution in [2.24, 2.45) is 0 Å². The van der Waals surface area contributed by atoms with Gasteiger partial charge in [-0.3, -0.25) is 9.69 Å². The van der Waals surface area contributed by atoms with Crippen molar-refractivity contribution in [2.75, 3.05) is 46.3 Å². The van der Waals surface area contributed by atoms with Crippen molar-refractivity contribution < 1.29 is 4.79 Å². The Balaban J connectivity index is 1.82. The van der Waals surface area contributed by atoms with Crippen molar-refractivity contribution in [1.29, 1.82) is 0 Å². The first kappa shape index (κ1) is 18.9. The van der Waals surface area contributed by atoms with Gasteiger partial charge in [-0.2, -0.15) is 0 Å². The third kappa shape index (κ3) is 6.23. The highest BCUT2D eigenvalue weighted by Gasteiger charge is 2.16. The van der Waals surface area contributed by atoms with Crippen LogP contribution in [0.1, 0.15) is 30.9 Å². The monoisotopic (exact) mass is 332 g/mol. The Labute approximate surface area is 146 Å². The van der Waals surface area contributed by atoms with Crippen LogP contribution >= 0.6 is 0 Å². The number of hydrogen-bond donors (Lipinski definition) is 2. The molecule has 1 aromatic carbocycles. The van der Waals surface area contributed by atoms with Crippen molar-refractivity contribution in [2.45, 2.75) is 32.9 Å². The summed E-state index contributed by atoms with van der Waals surface area (Å²) in [5.74, 6) is 0.136. The molecule has 1 fully saturated rings. The molecule has 5 nitrogen and oxygen atoms in total. The fourth-order valence-electron chi connectivity index (χ4n) is 3.10. The number of rotatable bonds is 9. The van der Waals surface area contributed by atoms with Crippen LogP contribution in [0.25, 0.3) is 0 Å². The van der Waals surface area contributed by atoms with Crippen LogP contribution in [0.4, 0.5) is 0 Å². The lowest BCUT2D eigenvalue weighted by Gasteiger charge is -2.34. The molecule has 0 radical (unpaired) electrons. The average Bonchev–Trinajstić information content (AvgIpc) is 2.62. The summed E-state index contributed by atoms with van der Waals surface area (Å²) in [7, 11) is 1.91. The lowest BCUT2D eigenvalue weighted by molar-refractivity contribution is -0.121. The quantitative estimate of drug-likeness (QED) is 0.672. The Hall–Kier alpha value is -1.43. The van der Waals surface area contributed by atoms with Gasteiger partial charge in [-0.15, -0.1) is 0 Å². The summed E-state index contributed by atoms with van der Waals surface area (Å²) in [5.41, 5.74) is 2.57. The summed E-state index contributed by atoms with van der Waals surface area (Å²) in [6, 6.07) is 8.47. The Morgan fingerprint density at radius 3 is 2.42 bits per heavy atom. The zero-order valence-electron chi connectivity index (χ0n) is 15.2. The first-order valence-electron chi connectivity index (χ1n) is 9.15. The van der Waals surface area contributed by atoms with Crippen molar-refractivity contribution in [1.82, 2.24) is 20.4 Å². The van der Waals surface area contributed by atoms with Crippen molar-refractivity contribution in [3.05, 3.63) is 35.4 Å². The summed E-state index contributed by atoms with van der Waals surface area (Å²) in [6.45, 7) is 10.4. The molecule has 1 saturated heterocycles. The molecule has 2 rings (SSSR count). The minimum atomic E-state index is 0.136. The lowest BCUT2D eigenvalue weighted by Crippen LogP contribution is -2.45. The molecule has 1 heterocycles. The molecule has 0 saturated carbocycles. The van der Waals surface area contributed by atoms with Crippen LogP contribution in [-0.2, 0) is 17.9 Å². The van der Waals surface area contributed by atoms with E-state index in [1.807, 2.05) is 7.05 Å². The van der Waals surface area contributed by atoms with Crippen LogP contribution in [0.3, 0.4) is 0 Å². The van der Waals surface area contributed by atoms with Gasteiger partial charge in [0.2, 0.25) is 5.91 Å². The second kappa shape index (κ2) is 10.4. The minimum absolute atomic E-state index is 0.136. The van der Waals surface area contributed by atoms with E-state index in [4.69, 9.17) is 0 Å². The second-order valence-corrected chi connectivity index (χ2v) is 6.46. The predicted molar refractivity (Wildman–Crippen MR) is 98.8 cm³/mol. The molecular weight excluding hydrogens is 300 g/mol. The van der Waals surface area contributed by atoms with Crippen LogP contribution in [0.5, 0.6) is 0 Å². The number of benzene rings is 1. The van der Waals surface area contributed by atoms with Crippen molar-refractivity contribution in [3.63, 3.8) is 0 Å². The maximum Gasteiger partial charge on any atom is 0.220 e. The third-order valence-corrected chi connectivity index (χ3v) is 4.73. The highest BCUT2D eigenvalue weighted by Crippen LogP contribution is 2.13. The van der Waals surface area contributed by atoms with E-state index in [1.165, 1.54) is 11.1 Å². The smallest absolute Gasteiger partial charge is 0.220 e. The molecule has 0 unspecified atom stereocenters. The molecular formula is C19H32N4O. The molecule has 24 heavy (non-hydrogen) atoms. The average molecular weight is 332 g/mol. The van der Waals surface area contributed by atoms with Crippen LogP contribution in [0, 0.1) is 0 Å². The SMILES string of the molecule is CCN1CCN(Cc2ccccc2CNC(=O)CCCNC)CC1. The lowest BCUT2D eigenvalue weighted by atomic mass is 10.1. The molecule has 5 heteroatoms. The Kier molecular flexibility index (Phi) is 8.22. The van der Waals surface area contributed by atoms with E-state index in [1.54, 1.807) is 0 Å². The number of hydrogen-bond acceptors (Lipinski definition) is 4. The predicted octanol–water partition coefficient (Wildman–Crippen LogP) is 1.44. The van der Waals surface area contributed by atoms with Gasteiger partial charge < -0.3 is 15.5 Å². The zero-order valence-corrected chi connectivity index (χ0v) is 15.2. The first-order valence-corrected chi connectivity index (χ1v) is 9.15. The standard InChI is InChI=1S/C19H32N4O/c1-3-22-11-13-23(14-12-22)16-18-8-5-4-7-17(18)15-21-19(24)9-6-10-20-2/h4-5,7-8,20H,3,6,9-16H2,1-2H3,(H,21,24). The molecule has 1 aromatic rings. The number of nitrogens with one attached hydrogen (secondary N) is 2. The van der Waals surface area contributed by atoms with Crippen LogP contribution in [0.15, 0.2) is 24.3 Å². The summed E-state index contributed by atoms with van der Waals surface area (Å²) < 4.78 is 0. The van der Waals surface area contributed by atoms with E-state index in [2.05, 4.69) is 51.6 Å². The molecule has 0 aliphatic carbocycles. The third-order valence-electron chi connectivity index (χ3n) is 4.73. The first-order chi connectivity index (χ1) is 11.7. The van der Waals surface area contributed by atoms with Gasteiger partial charge in [0.05, 0.1) is 0 Å². The second-order valence-electron chi connectivity index (χ2n) is 6.46. The van der Waals surface area contributed by atoms with Gasteiger partial charge >= 0.3 is 0 Å². The van der Waals surface area contributed by atoms with Crippen LogP contribution in [-0.4, -0.2) is 62.0 Å². The Morgan fingerprint density at radius 1 is 1.08 bits per heavy atom. The number of nitrogens with zero attached hydrogens (tertiary/aromatic N) is 2. The molecule has 0 aromatic heterocycles. The van der Waals surface area contributed by atoms with Crippen LogP contribution in [0.2, 0.25) is 0 Å². The van der Waals surface area contributed by atoms with Crippen molar-refractivity contribution >= 4 is 5.91 Å². The van der Waals surface area contributed by atoms with E-state index in [0.717, 1.165) is 52.2 Å². The Bertz CT molecular complexity index is 498. The van der Waals surface area contributed by atoms with Gasteiger partial charge in [-0.25, -0.2) is 0 Å². The molecule has 0 atom stereocenters. The van der Waals surface area contributed by atoms with Crippen molar-refractivity contribution in [3.8, 4) is 0 Å². The number of likely N-dealkylation sites (N-methyl/N-ethyl adjacent to an activating group) is 1. The van der Waals surface area contributed by atoms with Gasteiger partial charge in [0.1, 0.15) is 0 Å². The summed E-state index contributed by atoms with van der Waals surface area (Å²) in [4.78, 5) is 16.9. The van der Waals surface area contributed by atoms with E-state index < -0.39 is 0 Å². The van der Waals surface area contributed by atoms with Gasteiger partial charge in [0, 0.05) is 45.7 Å². The van der Waals surface area contributed by atoms with E-state index in [-0.39, 0.29) is 5.91 Å². The van der Waals surface area contributed by atoms with Crippen LogP contribution < -0.4 is 10.6 Å². The van der Waals surface area contributed by atoms with Gasteiger partial charge in [-0.1, -0.05) is 31.2 Å². The topological polar surface area (TPSA) is 47.6 Å². The summed E-state index contributed by atoms with van der Waals surface area (Å²) in [5, 5.41) is 6.13. The number of carbonyl (C=O) groups is 1. The van der Waals surface area contributed by atoms with E-state index >= 15 is 0 Å². The number of amides is 1. The Morgan fingerprint density at radius 2 is 1.75 bits per heavy atom. The molecule has 0 bridgehead atoms. The fourth-order valence-corrected chi connectivity index (χ4v) is 3.10. The van der Waals surface area contributed by atoms with E-state index in [9.17, 15) is 4.79 Å². The van der Waals surface area contributed by atoms with Gasteiger partial charge in [-0.05, 0) is 37.7 Å². The number of piperazine rings is 1. The number of carbonyl (C=O) groups excluding carboxylic acids is 1. The molecule has 2 N–H and O–H groups in total. The largest absolute Gasteiger partial charge is 0.352 e. The molecule has 1 amide bonds. The zero-order chi connectivity index (χ0) is 17.2. The highest BCUT2D eigenvalue weighted by molar-refractivity contribution is 5.75. The maximum atomic E-state index is 11.9. The highest BCUT2D eigenvalue weighted by atomic mass is 16.1. The van der Waals surface area contributed by atoms with Gasteiger partial charge in [0.15, 0.2) is 0 Å².